The summed E-state index contributed by atoms with van der Waals surface area (Å²) in [5.74, 6) is 7.20. The summed E-state index contributed by atoms with van der Waals surface area (Å²) in [6.07, 6.45) is 6.53. The van der Waals surface area contributed by atoms with Gasteiger partial charge in [-0.1, -0.05) is 17.3 Å². The van der Waals surface area contributed by atoms with Gasteiger partial charge in [-0.05, 0) is 55.5 Å². The van der Waals surface area contributed by atoms with Gasteiger partial charge in [0, 0.05) is 42.5 Å². The largest absolute Gasteiger partial charge is 0.494 e. The highest BCUT2D eigenvalue weighted by atomic mass is 32.1. The van der Waals surface area contributed by atoms with E-state index in [0.717, 1.165) is 40.2 Å². The van der Waals surface area contributed by atoms with Gasteiger partial charge in [-0.2, -0.15) is 0 Å². The first kappa shape index (κ1) is 29.1. The fraction of sp³-hybridized carbons (Fsp3) is 0.276. The van der Waals surface area contributed by atoms with Crippen LogP contribution in [-0.4, -0.2) is 71.3 Å². The van der Waals surface area contributed by atoms with Gasteiger partial charge in [-0.3, -0.25) is 19.4 Å². The number of carbonyl (C=O) groups excluding carboxylic acids is 3. The van der Waals surface area contributed by atoms with E-state index in [9.17, 15) is 9.59 Å². The Kier molecular flexibility index (Phi) is 9.21. The zero-order chi connectivity index (χ0) is 29.5. The second kappa shape index (κ2) is 13.0. The number of amides is 3. The molecular formula is C29H29N7O4S. The van der Waals surface area contributed by atoms with E-state index < -0.39 is 0 Å². The van der Waals surface area contributed by atoms with Gasteiger partial charge in [0.05, 0.1) is 26.0 Å². The minimum absolute atomic E-state index is 0.0318. The molecule has 4 aromatic rings. The minimum Gasteiger partial charge on any atom is -0.494 e. The topological polar surface area (TPSA) is 144 Å². The summed E-state index contributed by atoms with van der Waals surface area (Å²) >= 11 is 1.44. The summed E-state index contributed by atoms with van der Waals surface area (Å²) in [6, 6.07) is 7.65. The van der Waals surface area contributed by atoms with E-state index in [1.54, 1.807) is 33.6 Å². The van der Waals surface area contributed by atoms with Crippen molar-refractivity contribution in [2.75, 3.05) is 32.6 Å². The molecule has 3 heterocycles. The SMILES string of the molecule is COc1cnc(C)cc1-c1cc(N(C)C(=O)CN(C)C=O)ccc1-c1nc2ncc(C#CC3CC3)nc2s1.NC=O. The first-order chi connectivity index (χ1) is 19.8. The number of benzene rings is 1. The van der Waals surface area contributed by atoms with Crippen molar-refractivity contribution in [3.05, 3.63) is 48.0 Å². The van der Waals surface area contributed by atoms with Crippen LogP contribution in [0.5, 0.6) is 5.75 Å². The van der Waals surface area contributed by atoms with E-state index in [1.807, 2.05) is 31.2 Å². The summed E-state index contributed by atoms with van der Waals surface area (Å²) < 4.78 is 5.64. The maximum atomic E-state index is 12.8. The highest BCUT2D eigenvalue weighted by molar-refractivity contribution is 7.21. The number of nitrogens with zero attached hydrogens (tertiary/aromatic N) is 6. The normalized spacial score (nSPS) is 11.9. The fourth-order valence-electron chi connectivity index (χ4n) is 3.87. The molecule has 210 valence electrons. The number of aryl methyl sites for hydroxylation is 1. The van der Waals surface area contributed by atoms with Crippen LogP contribution in [-0.2, 0) is 14.4 Å². The molecule has 0 spiro atoms. The van der Waals surface area contributed by atoms with Crippen LogP contribution in [0, 0.1) is 24.7 Å². The average molecular weight is 572 g/mol. The number of aromatic nitrogens is 4. The molecule has 1 aromatic carbocycles. The van der Waals surface area contributed by atoms with Crippen molar-refractivity contribution in [3.63, 3.8) is 0 Å². The molecule has 11 nitrogen and oxygen atoms in total. The van der Waals surface area contributed by atoms with Gasteiger partial charge >= 0.3 is 0 Å². The van der Waals surface area contributed by atoms with E-state index >= 15 is 0 Å². The Morgan fingerprint density at radius 1 is 1.12 bits per heavy atom. The summed E-state index contributed by atoms with van der Waals surface area (Å²) in [5, 5.41) is 0.736. The number of pyridine rings is 1. The maximum absolute atomic E-state index is 12.8. The first-order valence-electron chi connectivity index (χ1n) is 12.7. The predicted molar refractivity (Wildman–Crippen MR) is 157 cm³/mol. The number of primary amides is 1. The molecule has 0 atom stereocenters. The van der Waals surface area contributed by atoms with Gasteiger partial charge in [0.25, 0.3) is 0 Å². The van der Waals surface area contributed by atoms with Crippen molar-refractivity contribution >= 4 is 46.2 Å². The fourth-order valence-corrected chi connectivity index (χ4v) is 4.81. The lowest BCUT2D eigenvalue weighted by Crippen LogP contribution is -2.36. The van der Waals surface area contributed by atoms with Crippen LogP contribution >= 0.6 is 11.3 Å². The second-order valence-electron chi connectivity index (χ2n) is 9.31. The first-order valence-corrected chi connectivity index (χ1v) is 13.5. The zero-order valence-electron chi connectivity index (χ0n) is 23.1. The van der Waals surface area contributed by atoms with Crippen molar-refractivity contribution in [1.29, 1.82) is 0 Å². The predicted octanol–water partition coefficient (Wildman–Crippen LogP) is 3.05. The number of nitrogens with two attached hydrogens (primary N) is 1. The third kappa shape index (κ3) is 7.01. The van der Waals surface area contributed by atoms with E-state index in [2.05, 4.69) is 32.5 Å². The van der Waals surface area contributed by atoms with Gasteiger partial charge in [0.1, 0.15) is 16.5 Å². The standard InChI is InChI=1S/C28H26N6O3S.CH3NO/c1-17-11-23(24(37-4)14-29-17)22-12-20(34(3)25(36)15-33(2)16-35)9-10-21(22)27-32-26-28(38-27)31-19(13-30-26)8-7-18-5-6-18;2-1-3/h9-14,16,18H,5-6,15H2,1-4H3;1H,(H2,2,3). The molecule has 3 amide bonds. The molecule has 5 rings (SSSR count). The number of rotatable bonds is 7. The lowest BCUT2D eigenvalue weighted by atomic mass is 9.98. The van der Waals surface area contributed by atoms with Crippen LogP contribution in [0.4, 0.5) is 5.69 Å². The molecule has 1 fully saturated rings. The van der Waals surface area contributed by atoms with Gasteiger partial charge in [-0.25, -0.2) is 15.0 Å². The summed E-state index contributed by atoms with van der Waals surface area (Å²) in [5.41, 5.74) is 9.33. The third-order valence-electron chi connectivity index (χ3n) is 6.18. The Morgan fingerprint density at radius 3 is 2.56 bits per heavy atom. The van der Waals surface area contributed by atoms with Crippen LogP contribution < -0.4 is 15.4 Å². The number of carbonyl (C=O) groups is 3. The van der Waals surface area contributed by atoms with Gasteiger partial charge in [0.2, 0.25) is 18.7 Å². The number of fused-ring (bicyclic) bond motifs is 1. The summed E-state index contributed by atoms with van der Waals surface area (Å²) in [4.78, 5) is 54.2. The molecule has 41 heavy (non-hydrogen) atoms. The molecule has 0 saturated heterocycles. The highest BCUT2D eigenvalue weighted by Crippen LogP contribution is 2.41. The van der Waals surface area contributed by atoms with E-state index in [4.69, 9.17) is 14.5 Å². The van der Waals surface area contributed by atoms with Crippen molar-refractivity contribution < 1.29 is 19.1 Å². The number of hydrogen-bond donors (Lipinski definition) is 1. The van der Waals surface area contributed by atoms with Crippen LogP contribution in [0.2, 0.25) is 0 Å². The van der Waals surface area contributed by atoms with Gasteiger partial charge in [-0.15, -0.1) is 0 Å². The number of hydrogen-bond acceptors (Lipinski definition) is 9. The van der Waals surface area contributed by atoms with E-state index in [0.29, 0.717) is 39.9 Å². The summed E-state index contributed by atoms with van der Waals surface area (Å²) in [6.45, 7) is 1.88. The molecule has 1 saturated carbocycles. The maximum Gasteiger partial charge on any atom is 0.246 e. The lowest BCUT2D eigenvalue weighted by molar-refractivity contribution is -0.125. The number of thiazole rings is 1. The second-order valence-corrected chi connectivity index (χ2v) is 10.3. The van der Waals surface area contributed by atoms with Crippen LogP contribution in [0.1, 0.15) is 24.2 Å². The Labute approximate surface area is 241 Å². The Balaban J connectivity index is 0.00000124. The Morgan fingerprint density at radius 2 is 1.88 bits per heavy atom. The molecule has 2 N–H and O–H groups in total. The number of methoxy groups -OCH3 is 1. The van der Waals surface area contributed by atoms with Crippen LogP contribution in [0.15, 0.2) is 36.7 Å². The van der Waals surface area contributed by atoms with Crippen LogP contribution in [0.25, 0.3) is 32.2 Å². The van der Waals surface area contributed by atoms with E-state index in [1.165, 1.54) is 21.1 Å². The Hall–Kier alpha value is -4.89. The van der Waals surface area contributed by atoms with Crippen molar-refractivity contribution in [2.24, 2.45) is 11.7 Å². The lowest BCUT2D eigenvalue weighted by Gasteiger charge is -2.22. The molecule has 3 aromatic heterocycles. The van der Waals surface area contributed by atoms with Gasteiger partial charge < -0.3 is 20.3 Å². The monoisotopic (exact) mass is 571 g/mol. The van der Waals surface area contributed by atoms with Gasteiger partial charge in [0.15, 0.2) is 10.5 Å². The molecule has 0 radical (unpaired) electrons. The average Bonchev–Trinajstić information content (AvgIpc) is 3.72. The highest BCUT2D eigenvalue weighted by Gasteiger charge is 2.21. The summed E-state index contributed by atoms with van der Waals surface area (Å²) in [7, 11) is 4.85. The molecule has 0 aliphatic heterocycles. The minimum atomic E-state index is -0.218. The molecule has 0 bridgehead atoms. The molecule has 12 heteroatoms. The molecule has 1 aliphatic rings. The number of likely N-dealkylation sites (N-methyl/N-ethyl adjacent to an activating group) is 2. The molecule has 1 aliphatic carbocycles. The number of anilines is 1. The van der Waals surface area contributed by atoms with E-state index in [-0.39, 0.29) is 18.9 Å². The zero-order valence-corrected chi connectivity index (χ0v) is 23.9. The van der Waals surface area contributed by atoms with Crippen molar-refractivity contribution in [1.82, 2.24) is 24.8 Å². The van der Waals surface area contributed by atoms with Crippen molar-refractivity contribution in [2.45, 2.75) is 19.8 Å². The smallest absolute Gasteiger partial charge is 0.246 e. The molecule has 0 unspecified atom stereocenters. The number of ether oxygens (including phenoxy) is 1. The Bertz CT molecular complexity index is 1660. The van der Waals surface area contributed by atoms with Crippen LogP contribution in [0.3, 0.4) is 0 Å². The molecular weight excluding hydrogens is 542 g/mol. The quantitative estimate of drug-likeness (QED) is 0.263. The van der Waals surface area contributed by atoms with Crippen molar-refractivity contribution in [3.8, 4) is 39.3 Å². The third-order valence-corrected chi connectivity index (χ3v) is 7.15.